The van der Waals surface area contributed by atoms with E-state index in [4.69, 9.17) is 0 Å². The molecule has 4 nitrogen and oxygen atoms in total. The zero-order valence-electron chi connectivity index (χ0n) is 12.1. The number of Topliss-reactive ketones (excluding diaryl/α,β-unsaturated/α-hetero) is 1. The van der Waals surface area contributed by atoms with Gasteiger partial charge in [0, 0.05) is 19.7 Å². The molecular formula is C15H22N2O2. The van der Waals surface area contributed by atoms with Crippen LogP contribution in [-0.2, 0) is 11.2 Å². The van der Waals surface area contributed by atoms with Gasteiger partial charge >= 0.3 is 0 Å². The van der Waals surface area contributed by atoms with Crippen molar-refractivity contribution in [3.63, 3.8) is 0 Å². The molecule has 0 atom stereocenters. The summed E-state index contributed by atoms with van der Waals surface area (Å²) in [6.07, 6.45) is 0.964. The average Bonchev–Trinajstić information content (AvgIpc) is 2.38. The number of carbonyl (C=O) groups is 2. The van der Waals surface area contributed by atoms with Gasteiger partial charge in [0.15, 0.2) is 5.78 Å². The molecule has 4 heteroatoms. The van der Waals surface area contributed by atoms with Crippen molar-refractivity contribution < 1.29 is 9.59 Å². The Morgan fingerprint density at radius 2 is 1.58 bits per heavy atom. The number of likely N-dealkylation sites (N-methyl/N-ethyl adjacent to an activating group) is 2. The predicted molar refractivity (Wildman–Crippen MR) is 76.3 cm³/mol. The van der Waals surface area contributed by atoms with Gasteiger partial charge < -0.3 is 4.90 Å². The smallest absolute Gasteiger partial charge is 0.236 e. The van der Waals surface area contributed by atoms with E-state index in [1.165, 1.54) is 10.5 Å². The Balaban J connectivity index is 2.56. The molecule has 0 bridgehead atoms. The highest BCUT2D eigenvalue weighted by molar-refractivity contribution is 5.97. The lowest BCUT2D eigenvalue weighted by Gasteiger charge is -2.18. The molecule has 19 heavy (non-hydrogen) atoms. The highest BCUT2D eigenvalue weighted by atomic mass is 16.2. The van der Waals surface area contributed by atoms with Crippen LogP contribution in [0, 0.1) is 0 Å². The topological polar surface area (TPSA) is 40.6 Å². The zero-order valence-corrected chi connectivity index (χ0v) is 12.1. The minimum Gasteiger partial charge on any atom is -0.348 e. The molecular weight excluding hydrogens is 240 g/mol. The van der Waals surface area contributed by atoms with E-state index in [-0.39, 0.29) is 24.8 Å². The molecule has 0 aromatic heterocycles. The van der Waals surface area contributed by atoms with Gasteiger partial charge in [-0.05, 0) is 19.0 Å². The highest BCUT2D eigenvalue weighted by Crippen LogP contribution is 2.06. The lowest BCUT2D eigenvalue weighted by atomic mass is 10.1. The molecule has 1 amide bonds. The number of benzene rings is 1. The van der Waals surface area contributed by atoms with Crippen LogP contribution in [-0.4, -0.2) is 55.7 Å². The van der Waals surface area contributed by atoms with Gasteiger partial charge in [-0.15, -0.1) is 0 Å². The van der Waals surface area contributed by atoms with Crippen LogP contribution in [0.2, 0.25) is 0 Å². The molecule has 0 fully saturated rings. The Kier molecular flexibility index (Phi) is 5.70. The molecule has 0 radical (unpaired) electrons. The summed E-state index contributed by atoms with van der Waals surface area (Å²) >= 11 is 0. The molecule has 1 aromatic rings. The fraction of sp³-hybridized carbons (Fsp3) is 0.467. The van der Waals surface area contributed by atoms with Crippen LogP contribution >= 0.6 is 0 Å². The third-order valence-electron chi connectivity index (χ3n) is 3.00. The van der Waals surface area contributed by atoms with Gasteiger partial charge in [0.1, 0.15) is 0 Å². The monoisotopic (exact) mass is 262 g/mol. The maximum atomic E-state index is 12.0. The zero-order chi connectivity index (χ0) is 14.4. The molecule has 0 N–H and O–H groups in total. The van der Waals surface area contributed by atoms with Crippen LogP contribution in [0.4, 0.5) is 0 Å². The molecule has 1 aromatic carbocycles. The fourth-order valence-corrected chi connectivity index (χ4v) is 1.69. The third kappa shape index (κ3) is 4.83. The van der Waals surface area contributed by atoms with Crippen molar-refractivity contribution >= 4 is 11.7 Å². The number of aryl methyl sites for hydroxylation is 1. The minimum atomic E-state index is -0.00312. The van der Waals surface area contributed by atoms with Crippen LogP contribution in [0.5, 0.6) is 0 Å². The van der Waals surface area contributed by atoms with Crippen LogP contribution in [0.15, 0.2) is 24.3 Å². The number of carbonyl (C=O) groups excluding carboxylic acids is 2. The van der Waals surface area contributed by atoms with Crippen molar-refractivity contribution in [3.8, 4) is 0 Å². The summed E-state index contributed by atoms with van der Waals surface area (Å²) in [6.45, 7) is 2.59. The number of nitrogens with zero attached hydrogens (tertiary/aromatic N) is 2. The Morgan fingerprint density at radius 3 is 2.05 bits per heavy atom. The minimum absolute atomic E-state index is 0.00312. The average molecular weight is 262 g/mol. The quantitative estimate of drug-likeness (QED) is 0.729. The summed E-state index contributed by atoms with van der Waals surface area (Å²) in [7, 11) is 5.20. The van der Waals surface area contributed by atoms with Crippen LogP contribution in [0.1, 0.15) is 22.8 Å². The second-order valence-corrected chi connectivity index (χ2v) is 4.93. The Morgan fingerprint density at radius 1 is 1.00 bits per heavy atom. The maximum absolute atomic E-state index is 12.0. The van der Waals surface area contributed by atoms with Gasteiger partial charge in [-0.1, -0.05) is 31.2 Å². The van der Waals surface area contributed by atoms with E-state index in [9.17, 15) is 9.59 Å². The summed E-state index contributed by atoms with van der Waals surface area (Å²) < 4.78 is 0. The molecule has 0 aliphatic rings. The first-order chi connectivity index (χ1) is 8.93. The third-order valence-corrected chi connectivity index (χ3v) is 3.00. The predicted octanol–water partition coefficient (Wildman–Crippen LogP) is 1.45. The molecule has 0 heterocycles. The number of hydrogen-bond donors (Lipinski definition) is 0. The molecule has 1 rings (SSSR count). The first-order valence-corrected chi connectivity index (χ1v) is 6.45. The van der Waals surface area contributed by atoms with Crippen molar-refractivity contribution in [1.82, 2.24) is 9.80 Å². The number of hydrogen-bond acceptors (Lipinski definition) is 3. The van der Waals surface area contributed by atoms with E-state index < -0.39 is 0 Å². The molecule has 0 unspecified atom stereocenters. The van der Waals surface area contributed by atoms with Crippen molar-refractivity contribution in [1.29, 1.82) is 0 Å². The van der Waals surface area contributed by atoms with Gasteiger partial charge in [-0.3, -0.25) is 14.5 Å². The Bertz CT molecular complexity index is 438. The van der Waals surface area contributed by atoms with Crippen molar-refractivity contribution in [2.45, 2.75) is 13.3 Å². The molecule has 0 aliphatic carbocycles. The van der Waals surface area contributed by atoms with Crippen LogP contribution in [0.3, 0.4) is 0 Å². The van der Waals surface area contributed by atoms with Gasteiger partial charge in [0.05, 0.1) is 13.1 Å². The standard InChI is InChI=1S/C15H22N2O2/c1-5-12-6-8-13(9-7-12)14(18)10-17(4)11-15(19)16(2)3/h6-9H,5,10-11H2,1-4H3. The van der Waals surface area contributed by atoms with Crippen LogP contribution in [0.25, 0.3) is 0 Å². The molecule has 0 saturated carbocycles. The van der Waals surface area contributed by atoms with E-state index >= 15 is 0 Å². The normalized spacial score (nSPS) is 10.6. The van der Waals surface area contributed by atoms with E-state index in [0.717, 1.165) is 6.42 Å². The Labute approximate surface area is 115 Å². The molecule has 0 saturated heterocycles. The molecule has 104 valence electrons. The SMILES string of the molecule is CCc1ccc(C(=O)CN(C)CC(=O)N(C)C)cc1. The van der Waals surface area contributed by atoms with E-state index in [1.54, 1.807) is 26.0 Å². The van der Waals surface area contributed by atoms with Gasteiger partial charge in [0.2, 0.25) is 5.91 Å². The van der Waals surface area contributed by atoms with Gasteiger partial charge in [0.25, 0.3) is 0 Å². The van der Waals surface area contributed by atoms with Gasteiger partial charge in [-0.25, -0.2) is 0 Å². The highest BCUT2D eigenvalue weighted by Gasteiger charge is 2.13. The second kappa shape index (κ2) is 7.04. The van der Waals surface area contributed by atoms with Crippen molar-refractivity contribution in [2.75, 3.05) is 34.2 Å². The first-order valence-electron chi connectivity index (χ1n) is 6.45. The number of rotatable bonds is 6. The fourth-order valence-electron chi connectivity index (χ4n) is 1.69. The van der Waals surface area contributed by atoms with E-state index in [0.29, 0.717) is 5.56 Å². The van der Waals surface area contributed by atoms with Crippen molar-refractivity contribution in [3.05, 3.63) is 35.4 Å². The second-order valence-electron chi connectivity index (χ2n) is 4.93. The first kappa shape index (κ1) is 15.4. The van der Waals surface area contributed by atoms with E-state index in [1.807, 2.05) is 24.3 Å². The maximum Gasteiger partial charge on any atom is 0.236 e. The lowest BCUT2D eigenvalue weighted by molar-refractivity contribution is -0.129. The largest absolute Gasteiger partial charge is 0.348 e. The summed E-state index contributed by atoms with van der Waals surface area (Å²) in [6, 6.07) is 7.64. The van der Waals surface area contributed by atoms with Crippen LogP contribution < -0.4 is 0 Å². The Hall–Kier alpha value is -1.68. The summed E-state index contributed by atoms with van der Waals surface area (Å²) in [5.74, 6) is 0.0355. The number of amides is 1. The van der Waals surface area contributed by atoms with Crippen molar-refractivity contribution in [2.24, 2.45) is 0 Å². The number of ketones is 1. The summed E-state index contributed by atoms with van der Waals surface area (Å²) in [4.78, 5) is 26.8. The van der Waals surface area contributed by atoms with E-state index in [2.05, 4.69) is 6.92 Å². The lowest BCUT2D eigenvalue weighted by Crippen LogP contribution is -2.36. The summed E-state index contributed by atoms with van der Waals surface area (Å²) in [5.41, 5.74) is 1.91. The van der Waals surface area contributed by atoms with Gasteiger partial charge in [-0.2, -0.15) is 0 Å². The molecule has 0 aliphatic heterocycles. The molecule has 0 spiro atoms. The summed E-state index contributed by atoms with van der Waals surface area (Å²) in [5, 5.41) is 0.